The van der Waals surface area contributed by atoms with Crippen LogP contribution in [0.2, 0.25) is 0 Å². The lowest BCUT2D eigenvalue weighted by Gasteiger charge is -2.22. The molecule has 1 aliphatic heterocycles. The lowest BCUT2D eigenvalue weighted by molar-refractivity contribution is 0.257. The van der Waals surface area contributed by atoms with Crippen LogP contribution in [-0.2, 0) is 4.74 Å². The Hall–Kier alpha value is -2.33. The van der Waals surface area contributed by atoms with Gasteiger partial charge in [-0.05, 0) is 32.2 Å². The van der Waals surface area contributed by atoms with Crippen molar-refractivity contribution < 1.29 is 4.74 Å². The lowest BCUT2D eigenvalue weighted by atomic mass is 9.92. The van der Waals surface area contributed by atoms with Gasteiger partial charge in [0.15, 0.2) is 0 Å². The predicted molar refractivity (Wildman–Crippen MR) is 90.8 cm³/mol. The molecule has 1 aromatic carbocycles. The molecule has 0 N–H and O–H groups in total. The van der Waals surface area contributed by atoms with Crippen molar-refractivity contribution in [3.05, 3.63) is 71.0 Å². The fourth-order valence-corrected chi connectivity index (χ4v) is 4.00. The highest BCUT2D eigenvalue weighted by Gasteiger charge is 2.45. The smallest absolute Gasteiger partial charge is 0.135 e. The van der Waals surface area contributed by atoms with E-state index in [1.165, 1.54) is 22.4 Å². The number of methoxy groups -OCH3 is 1. The number of hydrogen-bond acceptors (Lipinski definition) is 3. The first kappa shape index (κ1) is 14.3. The third kappa shape index (κ3) is 1.85. The van der Waals surface area contributed by atoms with E-state index in [1.807, 2.05) is 6.20 Å². The van der Waals surface area contributed by atoms with Crippen LogP contribution in [0.25, 0.3) is 5.70 Å². The lowest BCUT2D eigenvalue weighted by Crippen LogP contribution is -2.21. The van der Waals surface area contributed by atoms with Gasteiger partial charge in [-0.1, -0.05) is 30.3 Å². The maximum Gasteiger partial charge on any atom is 0.135 e. The van der Waals surface area contributed by atoms with Crippen LogP contribution >= 0.6 is 0 Å². The van der Waals surface area contributed by atoms with Crippen molar-refractivity contribution in [1.29, 1.82) is 0 Å². The number of imidazole rings is 1. The van der Waals surface area contributed by atoms with Gasteiger partial charge in [-0.15, -0.1) is 0 Å². The summed E-state index contributed by atoms with van der Waals surface area (Å²) in [6, 6.07) is 10.7. The molecule has 23 heavy (non-hydrogen) atoms. The second kappa shape index (κ2) is 5.10. The Morgan fingerprint density at radius 1 is 1.17 bits per heavy atom. The van der Waals surface area contributed by atoms with E-state index in [-0.39, 0.29) is 12.0 Å². The van der Waals surface area contributed by atoms with E-state index in [4.69, 9.17) is 4.74 Å². The largest absolute Gasteiger partial charge is 0.500 e. The number of allylic oxidation sites excluding steroid dienone is 1. The minimum atomic E-state index is 0.138. The Labute approximate surface area is 136 Å². The third-order valence-corrected chi connectivity index (χ3v) is 4.89. The number of hydrogen-bond donors (Lipinski definition) is 0. The molecular formula is C19H21N3O. The highest BCUT2D eigenvalue weighted by molar-refractivity contribution is 5.81. The summed E-state index contributed by atoms with van der Waals surface area (Å²) in [6.45, 7) is 2.21. The number of aromatic nitrogens is 2. The van der Waals surface area contributed by atoms with Crippen LogP contribution in [0.15, 0.2) is 59.6 Å². The average molecular weight is 307 g/mol. The second-order valence-corrected chi connectivity index (χ2v) is 6.38. The van der Waals surface area contributed by atoms with E-state index in [2.05, 4.69) is 72.0 Å². The van der Waals surface area contributed by atoms with Crippen molar-refractivity contribution in [2.75, 3.05) is 21.2 Å². The molecule has 1 aromatic heterocycles. The molecule has 0 unspecified atom stereocenters. The summed E-state index contributed by atoms with van der Waals surface area (Å²) in [7, 11) is 5.97. The third-order valence-electron chi connectivity index (χ3n) is 4.89. The molecule has 0 fully saturated rings. The SMILES string of the molecule is COC1=C2C(=C(C)[C@@H]1c1ccccc1)n1ccnc1[C@@H]2N(C)C. The zero-order valence-corrected chi connectivity index (χ0v) is 13.9. The van der Waals surface area contributed by atoms with E-state index in [9.17, 15) is 0 Å². The molecule has 2 atom stereocenters. The normalized spacial score (nSPS) is 22.8. The van der Waals surface area contributed by atoms with Crippen LogP contribution in [0.5, 0.6) is 0 Å². The Kier molecular flexibility index (Phi) is 3.16. The maximum absolute atomic E-state index is 5.91. The molecule has 2 heterocycles. The van der Waals surface area contributed by atoms with Gasteiger partial charge in [0.05, 0.1) is 24.8 Å². The number of rotatable bonds is 3. The monoisotopic (exact) mass is 307 g/mol. The first-order valence-electron chi connectivity index (χ1n) is 7.89. The van der Waals surface area contributed by atoms with Gasteiger partial charge >= 0.3 is 0 Å². The van der Waals surface area contributed by atoms with Crippen LogP contribution in [0, 0.1) is 0 Å². The highest BCUT2D eigenvalue weighted by Crippen LogP contribution is 2.54. The van der Waals surface area contributed by atoms with Gasteiger partial charge in [0.1, 0.15) is 11.6 Å². The molecule has 0 amide bonds. The van der Waals surface area contributed by atoms with Gasteiger partial charge in [0.2, 0.25) is 0 Å². The maximum atomic E-state index is 5.91. The topological polar surface area (TPSA) is 30.3 Å². The molecule has 1 aliphatic carbocycles. The van der Waals surface area contributed by atoms with Crippen LogP contribution in [0.1, 0.15) is 30.3 Å². The second-order valence-electron chi connectivity index (χ2n) is 6.38. The molecule has 0 spiro atoms. The number of nitrogens with zero attached hydrogens (tertiary/aromatic N) is 3. The molecule has 0 saturated carbocycles. The fraction of sp³-hybridized carbons (Fsp3) is 0.316. The first-order chi connectivity index (χ1) is 11.1. The summed E-state index contributed by atoms with van der Waals surface area (Å²) >= 11 is 0. The molecule has 118 valence electrons. The predicted octanol–water partition coefficient (Wildman–Crippen LogP) is 3.43. The zero-order chi connectivity index (χ0) is 16.1. The average Bonchev–Trinajstić information content (AvgIpc) is 3.18. The van der Waals surface area contributed by atoms with Crippen molar-refractivity contribution in [3.8, 4) is 0 Å². The van der Waals surface area contributed by atoms with Crippen LogP contribution in [-0.4, -0.2) is 35.7 Å². The van der Waals surface area contributed by atoms with Crippen molar-refractivity contribution in [2.24, 2.45) is 0 Å². The van der Waals surface area contributed by atoms with E-state index < -0.39 is 0 Å². The summed E-state index contributed by atoms with van der Waals surface area (Å²) in [5.41, 5.74) is 5.11. The molecule has 0 saturated heterocycles. The highest BCUT2D eigenvalue weighted by atomic mass is 16.5. The van der Waals surface area contributed by atoms with E-state index in [1.54, 1.807) is 7.11 Å². The summed E-state index contributed by atoms with van der Waals surface area (Å²) in [5.74, 6) is 2.30. The van der Waals surface area contributed by atoms with E-state index in [0.29, 0.717) is 0 Å². The summed E-state index contributed by atoms with van der Waals surface area (Å²) in [6.07, 6.45) is 3.93. The zero-order valence-electron chi connectivity index (χ0n) is 13.9. The van der Waals surface area contributed by atoms with Gasteiger partial charge in [0.25, 0.3) is 0 Å². The number of benzene rings is 1. The van der Waals surface area contributed by atoms with E-state index in [0.717, 1.165) is 11.6 Å². The molecule has 4 nitrogen and oxygen atoms in total. The van der Waals surface area contributed by atoms with Gasteiger partial charge in [-0.25, -0.2) is 4.98 Å². The molecule has 4 heteroatoms. The molecule has 2 aliphatic rings. The molecular weight excluding hydrogens is 286 g/mol. The standard InChI is InChI=1S/C19H21N3O/c1-12-14(13-8-6-5-7-9-13)18(23-4)15-16(12)22-11-10-20-19(22)17(15)21(2)3/h5-11,14,17H,1-4H3/t14-,17-/m1/s1. The minimum absolute atomic E-state index is 0.138. The van der Waals surface area contributed by atoms with Crippen LogP contribution in [0.4, 0.5) is 0 Å². The van der Waals surface area contributed by atoms with Crippen molar-refractivity contribution in [3.63, 3.8) is 0 Å². The van der Waals surface area contributed by atoms with Gasteiger partial charge in [-0.3, -0.25) is 4.90 Å². The fourth-order valence-electron chi connectivity index (χ4n) is 4.00. The van der Waals surface area contributed by atoms with Crippen LogP contribution in [0.3, 0.4) is 0 Å². The first-order valence-corrected chi connectivity index (χ1v) is 7.89. The van der Waals surface area contributed by atoms with Gasteiger partial charge in [-0.2, -0.15) is 0 Å². The van der Waals surface area contributed by atoms with Crippen LogP contribution < -0.4 is 0 Å². The quantitative estimate of drug-likeness (QED) is 0.870. The number of likely N-dealkylation sites (N-methyl/N-ethyl adjacent to an activating group) is 1. The van der Waals surface area contributed by atoms with Gasteiger partial charge in [0, 0.05) is 18.0 Å². The molecule has 0 bridgehead atoms. The molecule has 0 radical (unpaired) electrons. The number of ether oxygens (including phenoxy) is 1. The summed E-state index contributed by atoms with van der Waals surface area (Å²) in [5, 5.41) is 0. The van der Waals surface area contributed by atoms with Gasteiger partial charge < -0.3 is 9.30 Å². The Balaban J connectivity index is 1.97. The summed E-state index contributed by atoms with van der Waals surface area (Å²) < 4.78 is 8.13. The Bertz CT molecular complexity index is 814. The molecule has 2 aromatic rings. The van der Waals surface area contributed by atoms with Crippen molar-refractivity contribution in [2.45, 2.75) is 18.9 Å². The Morgan fingerprint density at radius 3 is 2.57 bits per heavy atom. The van der Waals surface area contributed by atoms with Crippen molar-refractivity contribution >= 4 is 5.70 Å². The van der Waals surface area contributed by atoms with Crippen molar-refractivity contribution in [1.82, 2.24) is 14.5 Å². The Morgan fingerprint density at radius 2 is 1.91 bits per heavy atom. The number of fused-ring (bicyclic) bond motifs is 3. The molecule has 4 rings (SSSR count). The van der Waals surface area contributed by atoms with E-state index >= 15 is 0 Å². The summed E-state index contributed by atoms with van der Waals surface area (Å²) in [4.78, 5) is 6.79. The minimum Gasteiger partial charge on any atom is -0.500 e.